The summed E-state index contributed by atoms with van der Waals surface area (Å²) in [5.74, 6) is 2.15. The van der Waals surface area contributed by atoms with Crippen molar-refractivity contribution in [2.45, 2.75) is 13.3 Å². The van der Waals surface area contributed by atoms with Crippen LogP contribution < -0.4 is 15.2 Å². The molecule has 0 atom stereocenters. The first-order chi connectivity index (χ1) is 10.7. The number of hydrogen-bond donors (Lipinski definition) is 2. The van der Waals surface area contributed by atoms with Gasteiger partial charge in [0.05, 0.1) is 30.3 Å². The number of nitrogen functional groups attached to an aromatic ring is 1. The number of H-pyrrole nitrogens is 1. The van der Waals surface area contributed by atoms with Crippen LogP contribution in [0.25, 0.3) is 22.4 Å². The van der Waals surface area contributed by atoms with Crippen LogP contribution in [0.1, 0.15) is 13.3 Å². The third kappa shape index (κ3) is 2.57. The summed E-state index contributed by atoms with van der Waals surface area (Å²) in [6.07, 6.45) is 0.925. The highest BCUT2D eigenvalue weighted by Crippen LogP contribution is 2.37. The van der Waals surface area contributed by atoms with Crippen molar-refractivity contribution in [2.75, 3.05) is 19.5 Å². The van der Waals surface area contributed by atoms with Gasteiger partial charge in [0.1, 0.15) is 5.82 Å². The molecule has 3 aromatic rings. The second kappa shape index (κ2) is 5.97. The average Bonchev–Trinajstić information content (AvgIpc) is 2.95. The molecule has 0 radical (unpaired) electrons. The van der Waals surface area contributed by atoms with Crippen LogP contribution in [0.3, 0.4) is 0 Å². The number of anilines is 1. The summed E-state index contributed by atoms with van der Waals surface area (Å²) in [5.41, 5.74) is 9.17. The number of aromatic nitrogens is 2. The van der Waals surface area contributed by atoms with Crippen LogP contribution in [0.4, 0.5) is 5.69 Å². The lowest BCUT2D eigenvalue weighted by Gasteiger charge is -2.13. The number of methoxy groups -OCH3 is 1. The number of benzene rings is 2. The zero-order valence-corrected chi connectivity index (χ0v) is 12.7. The zero-order valence-electron chi connectivity index (χ0n) is 12.7. The summed E-state index contributed by atoms with van der Waals surface area (Å²) >= 11 is 0. The van der Waals surface area contributed by atoms with Crippen LogP contribution in [0.5, 0.6) is 11.5 Å². The Kier molecular flexibility index (Phi) is 3.87. The number of para-hydroxylation sites is 1. The van der Waals surface area contributed by atoms with Crippen molar-refractivity contribution in [3.05, 3.63) is 36.4 Å². The minimum absolute atomic E-state index is 0.626. The van der Waals surface area contributed by atoms with Crippen molar-refractivity contribution < 1.29 is 9.47 Å². The molecular formula is C17H19N3O2. The summed E-state index contributed by atoms with van der Waals surface area (Å²) in [4.78, 5) is 7.92. The predicted molar refractivity (Wildman–Crippen MR) is 88.3 cm³/mol. The molecule has 3 N–H and O–H groups in total. The molecule has 5 heteroatoms. The molecule has 1 aromatic heterocycles. The first-order valence-corrected chi connectivity index (χ1v) is 7.28. The van der Waals surface area contributed by atoms with E-state index in [2.05, 4.69) is 16.9 Å². The molecule has 0 aliphatic carbocycles. The first kappa shape index (κ1) is 14.3. The van der Waals surface area contributed by atoms with Crippen molar-refractivity contribution in [2.24, 2.45) is 0 Å². The Morgan fingerprint density at radius 1 is 1.23 bits per heavy atom. The van der Waals surface area contributed by atoms with E-state index in [1.807, 2.05) is 36.4 Å². The molecule has 2 aromatic carbocycles. The van der Waals surface area contributed by atoms with Gasteiger partial charge >= 0.3 is 0 Å². The van der Waals surface area contributed by atoms with Gasteiger partial charge in [0.25, 0.3) is 0 Å². The predicted octanol–water partition coefficient (Wildman–Crippen LogP) is 3.61. The van der Waals surface area contributed by atoms with Crippen LogP contribution in [0, 0.1) is 0 Å². The number of rotatable bonds is 5. The standard InChI is InChI=1S/C17H19N3O2/c1-3-9-22-16-12(5-4-6-15(16)21-2)17-19-13-8-7-11(18)10-14(13)20-17/h4-8,10H,3,9,18H2,1-2H3,(H,19,20). The van der Waals surface area contributed by atoms with E-state index in [9.17, 15) is 0 Å². The number of hydrogen-bond acceptors (Lipinski definition) is 4. The van der Waals surface area contributed by atoms with Gasteiger partial charge in [0.15, 0.2) is 11.5 Å². The van der Waals surface area contributed by atoms with Gasteiger partial charge in [-0.3, -0.25) is 0 Å². The number of imidazole rings is 1. The van der Waals surface area contributed by atoms with E-state index >= 15 is 0 Å². The number of fused-ring (bicyclic) bond motifs is 1. The van der Waals surface area contributed by atoms with E-state index < -0.39 is 0 Å². The van der Waals surface area contributed by atoms with Gasteiger partial charge in [-0.25, -0.2) is 4.98 Å². The second-order valence-corrected chi connectivity index (χ2v) is 5.05. The highest BCUT2D eigenvalue weighted by Gasteiger charge is 2.15. The largest absolute Gasteiger partial charge is 0.493 e. The Labute approximate surface area is 129 Å². The summed E-state index contributed by atoms with van der Waals surface area (Å²) in [6, 6.07) is 11.4. The average molecular weight is 297 g/mol. The Morgan fingerprint density at radius 3 is 2.86 bits per heavy atom. The summed E-state index contributed by atoms with van der Waals surface area (Å²) in [5, 5.41) is 0. The molecule has 0 fully saturated rings. The molecule has 0 aliphatic heterocycles. The molecule has 0 unspecified atom stereocenters. The quantitative estimate of drug-likeness (QED) is 0.706. The Bertz CT molecular complexity index is 796. The molecule has 0 saturated carbocycles. The minimum atomic E-state index is 0.626. The van der Waals surface area contributed by atoms with E-state index in [1.165, 1.54) is 0 Å². The fourth-order valence-electron chi connectivity index (χ4n) is 2.37. The molecule has 114 valence electrons. The monoisotopic (exact) mass is 297 g/mol. The molecule has 0 bridgehead atoms. The lowest BCUT2D eigenvalue weighted by molar-refractivity contribution is 0.295. The third-order valence-electron chi connectivity index (χ3n) is 3.41. The number of nitrogens with zero attached hydrogens (tertiary/aromatic N) is 1. The smallest absolute Gasteiger partial charge is 0.172 e. The number of nitrogens with one attached hydrogen (secondary N) is 1. The molecule has 0 spiro atoms. The van der Waals surface area contributed by atoms with Gasteiger partial charge in [-0.15, -0.1) is 0 Å². The van der Waals surface area contributed by atoms with E-state index in [1.54, 1.807) is 7.11 Å². The Hall–Kier alpha value is -2.69. The molecule has 0 aliphatic rings. The van der Waals surface area contributed by atoms with Crippen LogP contribution >= 0.6 is 0 Å². The fourth-order valence-corrected chi connectivity index (χ4v) is 2.37. The first-order valence-electron chi connectivity index (χ1n) is 7.28. The normalized spacial score (nSPS) is 10.8. The highest BCUT2D eigenvalue weighted by molar-refractivity contribution is 5.83. The third-order valence-corrected chi connectivity index (χ3v) is 3.41. The maximum Gasteiger partial charge on any atom is 0.172 e. The summed E-state index contributed by atoms with van der Waals surface area (Å²) in [6.45, 7) is 2.69. The molecule has 1 heterocycles. The summed E-state index contributed by atoms with van der Waals surface area (Å²) < 4.78 is 11.3. The summed E-state index contributed by atoms with van der Waals surface area (Å²) in [7, 11) is 1.64. The molecule has 0 amide bonds. The van der Waals surface area contributed by atoms with Crippen molar-refractivity contribution in [3.63, 3.8) is 0 Å². The van der Waals surface area contributed by atoms with Gasteiger partial charge < -0.3 is 20.2 Å². The maximum atomic E-state index is 5.87. The van der Waals surface area contributed by atoms with Crippen LogP contribution in [-0.4, -0.2) is 23.7 Å². The van der Waals surface area contributed by atoms with Crippen molar-refractivity contribution in [1.29, 1.82) is 0 Å². The molecule has 0 saturated heterocycles. The molecular weight excluding hydrogens is 278 g/mol. The lowest BCUT2D eigenvalue weighted by Crippen LogP contribution is -2.00. The highest BCUT2D eigenvalue weighted by atomic mass is 16.5. The van der Waals surface area contributed by atoms with E-state index in [0.717, 1.165) is 28.8 Å². The van der Waals surface area contributed by atoms with Gasteiger partial charge in [-0.05, 0) is 36.8 Å². The SMILES string of the molecule is CCCOc1c(OC)cccc1-c1nc2ccc(N)cc2[nH]1. The minimum Gasteiger partial charge on any atom is -0.493 e. The van der Waals surface area contributed by atoms with Crippen molar-refractivity contribution in [3.8, 4) is 22.9 Å². The number of nitrogens with two attached hydrogens (primary N) is 1. The zero-order chi connectivity index (χ0) is 15.5. The topological polar surface area (TPSA) is 73.2 Å². The Balaban J connectivity index is 2.12. The van der Waals surface area contributed by atoms with E-state index in [0.29, 0.717) is 23.8 Å². The van der Waals surface area contributed by atoms with Crippen molar-refractivity contribution in [1.82, 2.24) is 9.97 Å². The van der Waals surface area contributed by atoms with Crippen LogP contribution in [0.2, 0.25) is 0 Å². The van der Waals surface area contributed by atoms with Crippen LogP contribution in [0.15, 0.2) is 36.4 Å². The van der Waals surface area contributed by atoms with E-state index in [4.69, 9.17) is 15.2 Å². The molecule has 22 heavy (non-hydrogen) atoms. The molecule has 5 nitrogen and oxygen atoms in total. The van der Waals surface area contributed by atoms with Gasteiger partial charge in [0, 0.05) is 5.69 Å². The van der Waals surface area contributed by atoms with Gasteiger partial charge in [0.2, 0.25) is 0 Å². The lowest BCUT2D eigenvalue weighted by atomic mass is 10.1. The van der Waals surface area contributed by atoms with Crippen LogP contribution in [-0.2, 0) is 0 Å². The Morgan fingerprint density at radius 2 is 2.09 bits per heavy atom. The second-order valence-electron chi connectivity index (χ2n) is 5.05. The number of ether oxygens (including phenoxy) is 2. The van der Waals surface area contributed by atoms with Crippen molar-refractivity contribution >= 4 is 16.7 Å². The number of aromatic amines is 1. The van der Waals surface area contributed by atoms with Gasteiger partial charge in [-0.1, -0.05) is 13.0 Å². The maximum absolute atomic E-state index is 5.87. The van der Waals surface area contributed by atoms with Gasteiger partial charge in [-0.2, -0.15) is 0 Å². The fraction of sp³-hybridized carbons (Fsp3) is 0.235. The molecule has 3 rings (SSSR count). The van der Waals surface area contributed by atoms with E-state index in [-0.39, 0.29) is 0 Å².